The predicted molar refractivity (Wildman–Crippen MR) is 91.2 cm³/mol. The standard InChI is InChI=1S/C19H16N2O2/c1-14-12-15(19(22)23)9-10-18(14)20-13-17-8-5-11-21(17)16-6-3-2-4-7-16/h2-13H,1H3,(H,22,23). The molecular weight excluding hydrogens is 288 g/mol. The monoisotopic (exact) mass is 304 g/mol. The third kappa shape index (κ3) is 3.21. The highest BCUT2D eigenvalue weighted by atomic mass is 16.4. The minimum Gasteiger partial charge on any atom is -0.478 e. The summed E-state index contributed by atoms with van der Waals surface area (Å²) in [5.74, 6) is -0.929. The first-order chi connectivity index (χ1) is 11.1. The largest absolute Gasteiger partial charge is 0.478 e. The van der Waals surface area contributed by atoms with Crippen molar-refractivity contribution in [3.05, 3.63) is 83.7 Å². The zero-order valence-electron chi connectivity index (χ0n) is 12.7. The molecule has 0 fully saturated rings. The summed E-state index contributed by atoms with van der Waals surface area (Å²) in [7, 11) is 0. The van der Waals surface area contributed by atoms with Crippen molar-refractivity contribution in [1.29, 1.82) is 0 Å². The summed E-state index contributed by atoms with van der Waals surface area (Å²) in [5.41, 5.74) is 3.89. The first-order valence-corrected chi connectivity index (χ1v) is 7.26. The number of nitrogens with zero attached hydrogens (tertiary/aromatic N) is 2. The van der Waals surface area contributed by atoms with Crippen LogP contribution in [0.25, 0.3) is 5.69 Å². The van der Waals surface area contributed by atoms with Gasteiger partial charge in [0, 0.05) is 11.9 Å². The molecule has 2 aromatic carbocycles. The van der Waals surface area contributed by atoms with Crippen LogP contribution in [0.4, 0.5) is 5.69 Å². The van der Waals surface area contributed by atoms with Gasteiger partial charge in [-0.15, -0.1) is 0 Å². The van der Waals surface area contributed by atoms with Gasteiger partial charge in [0.15, 0.2) is 0 Å². The molecule has 0 bridgehead atoms. The maximum absolute atomic E-state index is 11.0. The minimum atomic E-state index is -0.929. The van der Waals surface area contributed by atoms with Gasteiger partial charge in [-0.25, -0.2) is 4.79 Å². The van der Waals surface area contributed by atoms with Crippen molar-refractivity contribution >= 4 is 17.9 Å². The summed E-state index contributed by atoms with van der Waals surface area (Å²) in [6.07, 6.45) is 3.77. The van der Waals surface area contributed by atoms with Gasteiger partial charge in [0.25, 0.3) is 0 Å². The first kappa shape index (κ1) is 14.8. The van der Waals surface area contributed by atoms with Gasteiger partial charge >= 0.3 is 5.97 Å². The molecule has 0 aliphatic rings. The van der Waals surface area contributed by atoms with Gasteiger partial charge in [-0.3, -0.25) is 4.99 Å². The second-order valence-electron chi connectivity index (χ2n) is 5.20. The van der Waals surface area contributed by atoms with Crippen LogP contribution in [-0.4, -0.2) is 21.9 Å². The molecule has 1 N–H and O–H groups in total. The Morgan fingerprint density at radius 3 is 2.57 bits per heavy atom. The van der Waals surface area contributed by atoms with E-state index >= 15 is 0 Å². The summed E-state index contributed by atoms with van der Waals surface area (Å²) in [4.78, 5) is 15.5. The molecule has 0 unspecified atom stereocenters. The highest BCUT2D eigenvalue weighted by Crippen LogP contribution is 2.20. The Balaban J connectivity index is 1.90. The normalized spacial score (nSPS) is 11.0. The molecule has 0 saturated carbocycles. The van der Waals surface area contributed by atoms with Crippen molar-refractivity contribution in [2.45, 2.75) is 6.92 Å². The van der Waals surface area contributed by atoms with Crippen LogP contribution in [0.5, 0.6) is 0 Å². The van der Waals surface area contributed by atoms with E-state index in [1.165, 1.54) is 0 Å². The van der Waals surface area contributed by atoms with Crippen molar-refractivity contribution in [2.75, 3.05) is 0 Å². The van der Waals surface area contributed by atoms with Gasteiger partial charge in [-0.05, 0) is 55.0 Å². The number of carboxylic acids is 1. The van der Waals surface area contributed by atoms with Gasteiger partial charge in [-0.2, -0.15) is 0 Å². The fourth-order valence-corrected chi connectivity index (χ4v) is 2.39. The summed E-state index contributed by atoms with van der Waals surface area (Å²) < 4.78 is 2.05. The molecule has 0 spiro atoms. The van der Waals surface area contributed by atoms with E-state index in [1.807, 2.05) is 60.2 Å². The van der Waals surface area contributed by atoms with Crippen molar-refractivity contribution in [2.24, 2.45) is 4.99 Å². The molecule has 114 valence electrons. The van der Waals surface area contributed by atoms with Crippen LogP contribution in [0.15, 0.2) is 71.9 Å². The van der Waals surface area contributed by atoms with Gasteiger partial charge < -0.3 is 9.67 Å². The van der Waals surface area contributed by atoms with E-state index in [9.17, 15) is 4.79 Å². The lowest BCUT2D eigenvalue weighted by Gasteiger charge is -2.06. The third-order valence-corrected chi connectivity index (χ3v) is 3.59. The Hall–Kier alpha value is -3.14. The number of carboxylic acid groups (broad SMARTS) is 1. The Labute approximate surface area is 134 Å². The van der Waals surface area contributed by atoms with Crippen molar-refractivity contribution in [3.63, 3.8) is 0 Å². The van der Waals surface area contributed by atoms with E-state index in [-0.39, 0.29) is 5.56 Å². The van der Waals surface area contributed by atoms with Crippen LogP contribution in [0.2, 0.25) is 0 Å². The van der Waals surface area contributed by atoms with Crippen LogP contribution in [0, 0.1) is 6.92 Å². The van der Waals surface area contributed by atoms with E-state index in [4.69, 9.17) is 5.11 Å². The Bertz CT molecular complexity index is 864. The number of rotatable bonds is 4. The first-order valence-electron chi connectivity index (χ1n) is 7.26. The van der Waals surface area contributed by atoms with Gasteiger partial charge in [0.1, 0.15) is 0 Å². The molecule has 3 aromatic rings. The van der Waals surface area contributed by atoms with Crippen LogP contribution in [0.1, 0.15) is 21.6 Å². The molecule has 0 saturated heterocycles. The highest BCUT2D eigenvalue weighted by Gasteiger charge is 2.05. The SMILES string of the molecule is Cc1cc(C(=O)O)ccc1N=Cc1cccn1-c1ccccc1. The Kier molecular flexibility index (Phi) is 4.06. The molecule has 4 nitrogen and oxygen atoms in total. The minimum absolute atomic E-state index is 0.272. The Morgan fingerprint density at radius 1 is 1.09 bits per heavy atom. The topological polar surface area (TPSA) is 54.6 Å². The van der Waals surface area contributed by atoms with E-state index < -0.39 is 5.97 Å². The number of aromatic nitrogens is 1. The number of hydrogen-bond donors (Lipinski definition) is 1. The predicted octanol–water partition coefficient (Wildman–Crippen LogP) is 4.23. The van der Waals surface area contributed by atoms with E-state index in [0.717, 1.165) is 22.6 Å². The van der Waals surface area contributed by atoms with Crippen LogP contribution >= 0.6 is 0 Å². The van der Waals surface area contributed by atoms with E-state index in [2.05, 4.69) is 4.99 Å². The van der Waals surface area contributed by atoms with Crippen molar-refractivity contribution < 1.29 is 9.90 Å². The zero-order chi connectivity index (χ0) is 16.2. The second kappa shape index (κ2) is 6.32. The number of aliphatic imine (C=N–C) groups is 1. The van der Waals surface area contributed by atoms with Crippen molar-refractivity contribution in [1.82, 2.24) is 4.57 Å². The lowest BCUT2D eigenvalue weighted by molar-refractivity contribution is 0.0697. The van der Waals surface area contributed by atoms with Gasteiger partial charge in [0.05, 0.1) is 23.2 Å². The molecule has 1 aromatic heterocycles. The molecule has 0 radical (unpaired) electrons. The lowest BCUT2D eigenvalue weighted by Crippen LogP contribution is -1.98. The molecular formula is C19H16N2O2. The second-order valence-corrected chi connectivity index (χ2v) is 5.20. The maximum Gasteiger partial charge on any atom is 0.335 e. The lowest BCUT2D eigenvalue weighted by atomic mass is 10.1. The number of carbonyl (C=O) groups is 1. The molecule has 0 atom stereocenters. The fraction of sp³-hybridized carbons (Fsp3) is 0.0526. The summed E-state index contributed by atoms with van der Waals surface area (Å²) in [6.45, 7) is 1.86. The Morgan fingerprint density at radius 2 is 1.87 bits per heavy atom. The molecule has 4 heteroatoms. The van der Waals surface area contributed by atoms with Crippen LogP contribution < -0.4 is 0 Å². The molecule has 23 heavy (non-hydrogen) atoms. The van der Waals surface area contributed by atoms with E-state index in [0.29, 0.717) is 0 Å². The summed E-state index contributed by atoms with van der Waals surface area (Å²) in [6, 6.07) is 18.9. The number of benzene rings is 2. The average molecular weight is 304 g/mol. The maximum atomic E-state index is 11.0. The van der Waals surface area contributed by atoms with E-state index in [1.54, 1.807) is 24.4 Å². The summed E-state index contributed by atoms with van der Waals surface area (Å²) >= 11 is 0. The highest BCUT2D eigenvalue weighted by molar-refractivity contribution is 5.89. The number of para-hydroxylation sites is 1. The van der Waals surface area contributed by atoms with Crippen LogP contribution in [-0.2, 0) is 0 Å². The smallest absolute Gasteiger partial charge is 0.335 e. The average Bonchev–Trinajstić information content (AvgIpc) is 3.03. The molecule has 0 amide bonds. The quantitative estimate of drug-likeness (QED) is 0.733. The molecule has 0 aliphatic carbocycles. The van der Waals surface area contributed by atoms with Gasteiger partial charge in [-0.1, -0.05) is 18.2 Å². The summed E-state index contributed by atoms with van der Waals surface area (Å²) in [5, 5.41) is 9.00. The molecule has 0 aliphatic heterocycles. The zero-order valence-corrected chi connectivity index (χ0v) is 12.7. The number of hydrogen-bond acceptors (Lipinski definition) is 2. The van der Waals surface area contributed by atoms with Crippen molar-refractivity contribution in [3.8, 4) is 5.69 Å². The van der Waals surface area contributed by atoms with Crippen LogP contribution in [0.3, 0.4) is 0 Å². The molecule has 3 rings (SSSR count). The number of aryl methyl sites for hydroxylation is 1. The molecule has 1 heterocycles. The fourth-order valence-electron chi connectivity index (χ4n) is 2.39. The third-order valence-electron chi connectivity index (χ3n) is 3.59. The number of aromatic carboxylic acids is 1. The van der Waals surface area contributed by atoms with Gasteiger partial charge in [0.2, 0.25) is 0 Å².